The van der Waals surface area contributed by atoms with Gasteiger partial charge in [0.2, 0.25) is 0 Å². The maximum absolute atomic E-state index is 4.17. The molecule has 17 heavy (non-hydrogen) atoms. The van der Waals surface area contributed by atoms with E-state index in [4.69, 9.17) is 0 Å². The molecule has 0 bridgehead atoms. The van der Waals surface area contributed by atoms with E-state index in [1.165, 1.54) is 19.4 Å². The highest BCUT2D eigenvalue weighted by molar-refractivity contribution is 4.98. The SMILES string of the molecule is CC(C)CNCC1CCC1Cc1cn(C)nn1. The summed E-state index contributed by atoms with van der Waals surface area (Å²) in [7, 11) is 1.93. The van der Waals surface area contributed by atoms with Gasteiger partial charge in [-0.25, -0.2) is 0 Å². The zero-order valence-corrected chi connectivity index (χ0v) is 11.2. The Hall–Kier alpha value is -0.900. The Morgan fingerprint density at radius 2 is 2.18 bits per heavy atom. The zero-order chi connectivity index (χ0) is 12.3. The van der Waals surface area contributed by atoms with Gasteiger partial charge in [-0.05, 0) is 50.1 Å². The van der Waals surface area contributed by atoms with Crippen LogP contribution in [0.1, 0.15) is 32.4 Å². The lowest BCUT2D eigenvalue weighted by atomic mass is 9.71. The van der Waals surface area contributed by atoms with Gasteiger partial charge in [0, 0.05) is 13.2 Å². The lowest BCUT2D eigenvalue weighted by molar-refractivity contribution is 0.168. The quantitative estimate of drug-likeness (QED) is 0.816. The smallest absolute Gasteiger partial charge is 0.0829 e. The maximum Gasteiger partial charge on any atom is 0.0829 e. The molecule has 0 saturated heterocycles. The van der Waals surface area contributed by atoms with Gasteiger partial charge in [0.05, 0.1) is 5.69 Å². The van der Waals surface area contributed by atoms with Crippen LogP contribution in [-0.2, 0) is 13.5 Å². The van der Waals surface area contributed by atoms with Crippen LogP contribution in [0.25, 0.3) is 0 Å². The van der Waals surface area contributed by atoms with E-state index in [-0.39, 0.29) is 0 Å². The molecule has 1 saturated carbocycles. The molecule has 2 rings (SSSR count). The molecule has 1 heterocycles. The fourth-order valence-electron chi connectivity index (χ4n) is 2.49. The number of nitrogens with zero attached hydrogens (tertiary/aromatic N) is 3. The maximum atomic E-state index is 4.17. The molecule has 1 aliphatic carbocycles. The Bertz CT molecular complexity index is 345. The molecule has 1 aromatic heterocycles. The summed E-state index contributed by atoms with van der Waals surface area (Å²) < 4.78 is 1.79. The number of rotatable bonds is 6. The van der Waals surface area contributed by atoms with E-state index >= 15 is 0 Å². The summed E-state index contributed by atoms with van der Waals surface area (Å²) in [6, 6.07) is 0. The molecule has 4 nitrogen and oxygen atoms in total. The fourth-order valence-corrected chi connectivity index (χ4v) is 2.49. The van der Waals surface area contributed by atoms with Crippen molar-refractivity contribution in [2.24, 2.45) is 24.8 Å². The van der Waals surface area contributed by atoms with E-state index in [0.717, 1.165) is 36.4 Å². The predicted octanol–water partition coefficient (Wildman–Crippen LogP) is 1.63. The van der Waals surface area contributed by atoms with Gasteiger partial charge in [-0.3, -0.25) is 4.68 Å². The van der Waals surface area contributed by atoms with Crippen LogP contribution in [-0.4, -0.2) is 28.1 Å². The van der Waals surface area contributed by atoms with Gasteiger partial charge in [0.25, 0.3) is 0 Å². The highest BCUT2D eigenvalue weighted by Crippen LogP contribution is 2.35. The first-order valence-corrected chi connectivity index (χ1v) is 6.71. The Morgan fingerprint density at radius 1 is 1.41 bits per heavy atom. The number of hydrogen-bond acceptors (Lipinski definition) is 3. The summed E-state index contributed by atoms with van der Waals surface area (Å²) in [6.45, 7) is 6.81. The van der Waals surface area contributed by atoms with Crippen LogP contribution in [0.5, 0.6) is 0 Å². The molecule has 0 aromatic carbocycles. The van der Waals surface area contributed by atoms with Crippen LogP contribution in [0.4, 0.5) is 0 Å². The number of aryl methyl sites for hydroxylation is 1. The number of aromatic nitrogens is 3. The Kier molecular flexibility index (Phi) is 4.15. The summed E-state index contributed by atoms with van der Waals surface area (Å²) in [4.78, 5) is 0. The Balaban J connectivity index is 1.71. The normalized spacial score (nSPS) is 24.0. The average Bonchev–Trinajstić information content (AvgIpc) is 2.65. The zero-order valence-electron chi connectivity index (χ0n) is 11.2. The predicted molar refractivity (Wildman–Crippen MR) is 68.6 cm³/mol. The second-order valence-corrected chi connectivity index (χ2v) is 5.74. The molecular weight excluding hydrogens is 212 g/mol. The average molecular weight is 236 g/mol. The van der Waals surface area contributed by atoms with Crippen molar-refractivity contribution < 1.29 is 0 Å². The van der Waals surface area contributed by atoms with Gasteiger partial charge in [-0.2, -0.15) is 0 Å². The molecule has 0 amide bonds. The molecule has 1 aromatic rings. The van der Waals surface area contributed by atoms with Gasteiger partial charge < -0.3 is 5.32 Å². The van der Waals surface area contributed by atoms with Crippen molar-refractivity contribution in [2.45, 2.75) is 33.1 Å². The van der Waals surface area contributed by atoms with Gasteiger partial charge >= 0.3 is 0 Å². The first kappa shape index (κ1) is 12.6. The molecule has 2 unspecified atom stereocenters. The van der Waals surface area contributed by atoms with Gasteiger partial charge in [-0.1, -0.05) is 19.1 Å². The van der Waals surface area contributed by atoms with Crippen LogP contribution in [0.2, 0.25) is 0 Å². The van der Waals surface area contributed by atoms with Gasteiger partial charge in [0.1, 0.15) is 0 Å². The van der Waals surface area contributed by atoms with Crippen molar-refractivity contribution in [3.05, 3.63) is 11.9 Å². The van der Waals surface area contributed by atoms with E-state index in [1.807, 2.05) is 13.2 Å². The summed E-state index contributed by atoms with van der Waals surface area (Å²) in [6.07, 6.45) is 5.86. The monoisotopic (exact) mass is 236 g/mol. The molecule has 0 radical (unpaired) electrons. The van der Waals surface area contributed by atoms with Crippen molar-refractivity contribution in [3.63, 3.8) is 0 Å². The van der Waals surface area contributed by atoms with Crippen LogP contribution in [0.3, 0.4) is 0 Å². The third-order valence-electron chi connectivity index (χ3n) is 3.66. The molecule has 1 N–H and O–H groups in total. The van der Waals surface area contributed by atoms with Crippen molar-refractivity contribution in [3.8, 4) is 0 Å². The molecule has 0 aliphatic heterocycles. The van der Waals surface area contributed by atoms with Crippen LogP contribution in [0, 0.1) is 17.8 Å². The van der Waals surface area contributed by atoms with Gasteiger partial charge in [0.15, 0.2) is 0 Å². The highest BCUT2D eigenvalue weighted by Gasteiger charge is 2.30. The first-order chi connectivity index (χ1) is 8.15. The summed E-state index contributed by atoms with van der Waals surface area (Å²) in [5, 5.41) is 11.7. The molecule has 2 atom stereocenters. The second-order valence-electron chi connectivity index (χ2n) is 5.74. The first-order valence-electron chi connectivity index (χ1n) is 6.71. The van der Waals surface area contributed by atoms with E-state index in [1.54, 1.807) is 4.68 Å². The van der Waals surface area contributed by atoms with E-state index in [9.17, 15) is 0 Å². The van der Waals surface area contributed by atoms with Crippen molar-refractivity contribution in [1.29, 1.82) is 0 Å². The van der Waals surface area contributed by atoms with Crippen LogP contribution in [0.15, 0.2) is 6.20 Å². The molecule has 96 valence electrons. The van der Waals surface area contributed by atoms with E-state index in [2.05, 4.69) is 29.5 Å². The minimum atomic E-state index is 0.744. The molecular formula is C13H24N4. The highest BCUT2D eigenvalue weighted by atomic mass is 15.4. The summed E-state index contributed by atoms with van der Waals surface area (Å²) in [5.74, 6) is 2.40. The third kappa shape index (κ3) is 3.53. The second kappa shape index (κ2) is 5.63. The van der Waals surface area contributed by atoms with E-state index < -0.39 is 0 Å². The Morgan fingerprint density at radius 3 is 2.71 bits per heavy atom. The van der Waals surface area contributed by atoms with Crippen molar-refractivity contribution in [1.82, 2.24) is 20.3 Å². The molecule has 1 fully saturated rings. The minimum absolute atomic E-state index is 0.744. The van der Waals surface area contributed by atoms with E-state index in [0.29, 0.717) is 0 Å². The lowest BCUT2D eigenvalue weighted by Gasteiger charge is -2.36. The lowest BCUT2D eigenvalue weighted by Crippen LogP contribution is -2.37. The topological polar surface area (TPSA) is 42.7 Å². The Labute approximate surface area is 104 Å². The van der Waals surface area contributed by atoms with Crippen molar-refractivity contribution >= 4 is 0 Å². The molecule has 0 spiro atoms. The van der Waals surface area contributed by atoms with Crippen molar-refractivity contribution in [2.75, 3.05) is 13.1 Å². The van der Waals surface area contributed by atoms with Gasteiger partial charge in [-0.15, -0.1) is 5.10 Å². The summed E-state index contributed by atoms with van der Waals surface area (Å²) in [5.41, 5.74) is 1.14. The minimum Gasteiger partial charge on any atom is -0.316 e. The standard InChI is InChI=1S/C13H24N4/c1-10(2)7-14-8-12-5-4-11(12)6-13-9-17(3)16-15-13/h9-12,14H,4-8H2,1-3H3. The third-order valence-corrected chi connectivity index (χ3v) is 3.66. The number of nitrogens with one attached hydrogen (secondary N) is 1. The van der Waals surface area contributed by atoms with Crippen LogP contribution >= 0.6 is 0 Å². The largest absolute Gasteiger partial charge is 0.316 e. The summed E-state index contributed by atoms with van der Waals surface area (Å²) >= 11 is 0. The number of hydrogen-bond donors (Lipinski definition) is 1. The van der Waals surface area contributed by atoms with Crippen LogP contribution < -0.4 is 5.32 Å². The molecule has 1 aliphatic rings. The molecule has 4 heteroatoms. The fraction of sp³-hybridized carbons (Fsp3) is 0.846.